The van der Waals surface area contributed by atoms with Crippen LogP contribution in [-0.2, 0) is 9.47 Å². The number of aromatic amines is 1. The summed E-state index contributed by atoms with van der Waals surface area (Å²) in [4.78, 5) is 43.5. The van der Waals surface area contributed by atoms with E-state index in [4.69, 9.17) is 15.3 Å². The minimum atomic E-state index is -0.646. The van der Waals surface area contributed by atoms with E-state index in [0.29, 0.717) is 24.8 Å². The minimum Gasteiger partial charge on any atom is -0.456 e. The van der Waals surface area contributed by atoms with Crippen LogP contribution in [0.3, 0.4) is 0 Å². The van der Waals surface area contributed by atoms with Gasteiger partial charge in [-0.3, -0.25) is 19.1 Å². The number of fused-ring (bicyclic) bond motifs is 1. The third-order valence-corrected chi connectivity index (χ3v) is 5.96. The third kappa shape index (κ3) is 4.11. The summed E-state index contributed by atoms with van der Waals surface area (Å²) in [6.07, 6.45) is 0.110. The van der Waals surface area contributed by atoms with E-state index in [0.717, 1.165) is 11.3 Å². The standard InChI is InChI=1S/C19H20N6O5S/c1-2-11(30-17(27)10-6-4-3-5-7-10)12-8-9-13(29-12)25-15-14(31-19(25)28)16(26)22-18(21-15)23-24-20/h3-7,11-13H,2,8-9H2,1H3,(H3,20,21,22,23,26)/t11?,12?,13-/m1/s1. The fourth-order valence-electron chi connectivity index (χ4n) is 3.58. The second-order valence-corrected chi connectivity index (χ2v) is 7.88. The van der Waals surface area contributed by atoms with E-state index in [1.54, 1.807) is 24.3 Å². The summed E-state index contributed by atoms with van der Waals surface area (Å²) in [5.41, 5.74) is 0.104. The molecule has 31 heavy (non-hydrogen) atoms. The molecule has 0 bridgehead atoms. The van der Waals surface area contributed by atoms with Crippen LogP contribution in [0.15, 0.2) is 50.3 Å². The van der Waals surface area contributed by atoms with Gasteiger partial charge in [-0.2, -0.15) is 4.98 Å². The summed E-state index contributed by atoms with van der Waals surface area (Å²) in [5, 5.41) is 6.65. The second kappa shape index (κ2) is 8.78. The van der Waals surface area contributed by atoms with Crippen LogP contribution in [0.5, 0.6) is 0 Å². The Bertz CT molecular complexity index is 1230. The van der Waals surface area contributed by atoms with Gasteiger partial charge in [0.25, 0.3) is 11.5 Å². The van der Waals surface area contributed by atoms with Crippen LogP contribution in [0.1, 0.15) is 42.8 Å². The lowest BCUT2D eigenvalue weighted by atomic mass is 10.1. The molecule has 0 radical (unpaired) electrons. The summed E-state index contributed by atoms with van der Waals surface area (Å²) in [6, 6.07) is 8.72. The van der Waals surface area contributed by atoms with Crippen LogP contribution >= 0.6 is 11.3 Å². The average molecular weight is 444 g/mol. The van der Waals surface area contributed by atoms with Crippen LogP contribution in [-0.4, -0.2) is 32.7 Å². The first-order valence-corrected chi connectivity index (χ1v) is 10.5. The molecule has 0 spiro atoms. The van der Waals surface area contributed by atoms with Crippen molar-refractivity contribution < 1.29 is 14.3 Å². The number of nitrogens with two attached hydrogens (primary N) is 1. The van der Waals surface area contributed by atoms with Gasteiger partial charge >= 0.3 is 10.8 Å². The van der Waals surface area contributed by atoms with Gasteiger partial charge in [-0.05, 0) is 31.4 Å². The molecular weight excluding hydrogens is 424 g/mol. The molecule has 1 saturated heterocycles. The Kier molecular flexibility index (Phi) is 5.91. The lowest BCUT2D eigenvalue weighted by Crippen LogP contribution is -2.31. The predicted octanol–water partition coefficient (Wildman–Crippen LogP) is 2.42. The zero-order valence-electron chi connectivity index (χ0n) is 16.6. The molecule has 1 aliphatic heterocycles. The largest absolute Gasteiger partial charge is 0.456 e. The maximum absolute atomic E-state index is 12.6. The number of aromatic nitrogens is 3. The molecule has 0 amide bonds. The number of rotatable bonds is 6. The molecule has 1 fully saturated rings. The topological polar surface area (TPSA) is 154 Å². The maximum Gasteiger partial charge on any atom is 0.338 e. The number of carbonyl (C=O) groups excluding carboxylic acids is 1. The van der Waals surface area contributed by atoms with Crippen molar-refractivity contribution in [1.29, 1.82) is 0 Å². The summed E-state index contributed by atoms with van der Waals surface area (Å²) >= 11 is 0.775. The van der Waals surface area contributed by atoms with Gasteiger partial charge < -0.3 is 15.3 Å². The quantitative estimate of drug-likeness (QED) is 0.256. The number of carbonyl (C=O) groups is 1. The number of esters is 1. The molecule has 3 heterocycles. The lowest BCUT2D eigenvalue weighted by Gasteiger charge is -2.23. The number of nitrogens with zero attached hydrogens (tertiary/aromatic N) is 4. The highest BCUT2D eigenvalue weighted by Gasteiger charge is 2.36. The normalized spacial score (nSPS) is 19.8. The van der Waals surface area contributed by atoms with Crippen molar-refractivity contribution in [3.05, 3.63) is 55.9 Å². The molecule has 4 rings (SSSR count). The first kappa shape index (κ1) is 20.9. The van der Waals surface area contributed by atoms with Gasteiger partial charge in [-0.1, -0.05) is 46.8 Å². The average Bonchev–Trinajstić information content (AvgIpc) is 3.37. The summed E-state index contributed by atoms with van der Waals surface area (Å²) in [7, 11) is 0. The van der Waals surface area contributed by atoms with Crippen molar-refractivity contribution in [2.24, 2.45) is 16.2 Å². The smallest absolute Gasteiger partial charge is 0.338 e. The van der Waals surface area contributed by atoms with Gasteiger partial charge in [0.15, 0.2) is 5.65 Å². The number of hydrogen-bond donors (Lipinski definition) is 2. The second-order valence-electron chi connectivity index (χ2n) is 6.92. The van der Waals surface area contributed by atoms with Crippen molar-refractivity contribution >= 4 is 33.6 Å². The molecule has 2 aromatic heterocycles. The van der Waals surface area contributed by atoms with Crippen molar-refractivity contribution in [1.82, 2.24) is 14.5 Å². The highest BCUT2D eigenvalue weighted by atomic mass is 32.1. The Balaban J connectivity index is 1.57. The zero-order chi connectivity index (χ0) is 22.0. The number of ether oxygens (including phenoxy) is 2. The SMILES string of the molecule is CCC(OC(=O)c1ccccc1)C1CC[C@H](n2c(=O)sc3c(=O)[nH]c(N=NN)nc32)O1. The van der Waals surface area contributed by atoms with Gasteiger partial charge in [-0.25, -0.2) is 4.79 Å². The van der Waals surface area contributed by atoms with Crippen LogP contribution in [0.2, 0.25) is 0 Å². The molecule has 3 N–H and O–H groups in total. The van der Waals surface area contributed by atoms with E-state index < -0.39 is 30.0 Å². The number of benzene rings is 1. The zero-order valence-corrected chi connectivity index (χ0v) is 17.4. The molecule has 0 saturated carbocycles. The Morgan fingerprint density at radius 2 is 2.16 bits per heavy atom. The summed E-state index contributed by atoms with van der Waals surface area (Å²) in [6.45, 7) is 1.90. The van der Waals surface area contributed by atoms with E-state index in [-0.39, 0.29) is 21.2 Å². The van der Waals surface area contributed by atoms with Crippen molar-refractivity contribution in [3.63, 3.8) is 0 Å². The van der Waals surface area contributed by atoms with Gasteiger partial charge in [0, 0.05) is 0 Å². The Morgan fingerprint density at radius 1 is 1.39 bits per heavy atom. The number of nitrogens with one attached hydrogen (secondary N) is 1. The van der Waals surface area contributed by atoms with Crippen LogP contribution in [0.4, 0.5) is 5.95 Å². The fraction of sp³-hybridized carbons (Fsp3) is 0.368. The maximum atomic E-state index is 12.6. The van der Waals surface area contributed by atoms with Gasteiger partial charge in [0.1, 0.15) is 17.0 Å². The Morgan fingerprint density at radius 3 is 2.87 bits per heavy atom. The molecule has 1 aromatic carbocycles. The monoisotopic (exact) mass is 444 g/mol. The molecule has 3 atom stereocenters. The molecule has 2 unspecified atom stereocenters. The van der Waals surface area contributed by atoms with Gasteiger partial charge in [-0.15, -0.1) is 0 Å². The van der Waals surface area contributed by atoms with Crippen LogP contribution in [0.25, 0.3) is 10.3 Å². The van der Waals surface area contributed by atoms with Crippen molar-refractivity contribution in [2.45, 2.75) is 44.6 Å². The van der Waals surface area contributed by atoms with Gasteiger partial charge in [0.2, 0.25) is 0 Å². The molecule has 12 heteroatoms. The van der Waals surface area contributed by atoms with E-state index in [2.05, 4.69) is 20.3 Å². The van der Waals surface area contributed by atoms with E-state index in [9.17, 15) is 14.4 Å². The first-order chi connectivity index (χ1) is 15.0. The first-order valence-electron chi connectivity index (χ1n) is 9.69. The highest BCUT2D eigenvalue weighted by Crippen LogP contribution is 2.33. The Labute approximate surface area is 179 Å². The number of hydrogen-bond acceptors (Lipinski definition) is 9. The van der Waals surface area contributed by atoms with E-state index in [1.807, 2.05) is 13.0 Å². The summed E-state index contributed by atoms with van der Waals surface area (Å²) in [5.74, 6) is 4.50. The number of thiazole rings is 1. The van der Waals surface area contributed by atoms with Crippen molar-refractivity contribution in [3.8, 4) is 0 Å². The van der Waals surface area contributed by atoms with E-state index >= 15 is 0 Å². The van der Waals surface area contributed by atoms with Crippen LogP contribution in [0, 0.1) is 0 Å². The molecular formula is C19H20N6O5S. The number of H-pyrrole nitrogens is 1. The molecule has 11 nitrogen and oxygen atoms in total. The Hall–Kier alpha value is -3.38. The molecule has 0 aliphatic carbocycles. The third-order valence-electron chi connectivity index (χ3n) is 5.02. The minimum absolute atomic E-state index is 0.107. The predicted molar refractivity (Wildman–Crippen MR) is 112 cm³/mol. The summed E-state index contributed by atoms with van der Waals surface area (Å²) < 4.78 is 13.2. The van der Waals surface area contributed by atoms with Crippen LogP contribution < -0.4 is 16.3 Å². The van der Waals surface area contributed by atoms with Crippen molar-refractivity contribution in [2.75, 3.05) is 0 Å². The molecule has 3 aromatic rings. The molecule has 1 aliphatic rings. The lowest BCUT2D eigenvalue weighted by molar-refractivity contribution is -0.0691. The van der Waals surface area contributed by atoms with E-state index in [1.165, 1.54) is 4.57 Å². The fourth-order valence-corrected chi connectivity index (χ4v) is 4.44. The highest BCUT2D eigenvalue weighted by molar-refractivity contribution is 7.16. The van der Waals surface area contributed by atoms with Gasteiger partial charge in [0.05, 0.1) is 11.7 Å². The molecule has 162 valence electrons.